The molecule has 0 aliphatic rings. The van der Waals surface area contributed by atoms with E-state index in [1.807, 2.05) is 19.2 Å². The minimum atomic E-state index is -0.145. The summed E-state index contributed by atoms with van der Waals surface area (Å²) >= 11 is 4.69. The Morgan fingerprint density at radius 2 is 2.03 bits per heavy atom. The van der Waals surface area contributed by atoms with E-state index in [0.29, 0.717) is 11.4 Å². The second-order valence-electron chi connectivity index (χ2n) is 7.13. The number of amides is 1. The lowest BCUT2D eigenvalue weighted by atomic mass is 10.2. The SMILES string of the molecule is Cc1c(C(=O)NC(C)c2nccs2)sc2ncnc(NCc3cc4ccccc4s3)c12. The third-order valence-electron chi connectivity index (χ3n) is 5.01. The molecule has 0 saturated heterocycles. The van der Waals surface area contributed by atoms with Crippen molar-refractivity contribution in [1.29, 1.82) is 0 Å². The van der Waals surface area contributed by atoms with Crippen molar-refractivity contribution in [2.75, 3.05) is 5.32 Å². The number of fused-ring (bicyclic) bond motifs is 2. The first-order valence-corrected chi connectivity index (χ1v) is 12.3. The fraction of sp³-hybridized carbons (Fsp3) is 0.182. The predicted octanol–water partition coefficient (Wildman–Crippen LogP) is 5.77. The van der Waals surface area contributed by atoms with E-state index >= 15 is 0 Å². The lowest BCUT2D eigenvalue weighted by Gasteiger charge is -2.10. The second kappa shape index (κ2) is 8.33. The highest BCUT2D eigenvalue weighted by Gasteiger charge is 2.21. The van der Waals surface area contributed by atoms with E-state index in [1.165, 1.54) is 37.6 Å². The lowest BCUT2D eigenvalue weighted by Crippen LogP contribution is -2.26. The van der Waals surface area contributed by atoms with Gasteiger partial charge < -0.3 is 10.6 Å². The minimum Gasteiger partial charge on any atom is -0.365 e. The predicted molar refractivity (Wildman–Crippen MR) is 129 cm³/mol. The van der Waals surface area contributed by atoms with Crippen LogP contribution < -0.4 is 10.6 Å². The fourth-order valence-electron chi connectivity index (χ4n) is 3.49. The van der Waals surface area contributed by atoms with Crippen molar-refractivity contribution < 1.29 is 4.79 Å². The zero-order valence-electron chi connectivity index (χ0n) is 16.9. The van der Waals surface area contributed by atoms with E-state index in [2.05, 4.69) is 55.9 Å². The number of hydrogen-bond acceptors (Lipinski definition) is 8. The first-order chi connectivity index (χ1) is 15.1. The molecule has 0 radical (unpaired) electrons. The number of carbonyl (C=O) groups excluding carboxylic acids is 1. The van der Waals surface area contributed by atoms with E-state index in [0.717, 1.165) is 26.6 Å². The largest absolute Gasteiger partial charge is 0.365 e. The molecule has 1 unspecified atom stereocenters. The number of thiazole rings is 1. The second-order valence-corrected chi connectivity index (χ2v) is 10.2. The summed E-state index contributed by atoms with van der Waals surface area (Å²) in [5, 5.41) is 11.4. The number of anilines is 1. The summed E-state index contributed by atoms with van der Waals surface area (Å²) in [5.74, 6) is 0.641. The Labute approximate surface area is 191 Å². The molecule has 0 saturated carbocycles. The molecule has 9 heteroatoms. The maximum absolute atomic E-state index is 12.9. The normalized spacial score (nSPS) is 12.3. The maximum Gasteiger partial charge on any atom is 0.262 e. The molecule has 0 fully saturated rings. The molecule has 6 nitrogen and oxygen atoms in total. The van der Waals surface area contributed by atoms with Gasteiger partial charge in [-0.25, -0.2) is 15.0 Å². The highest BCUT2D eigenvalue weighted by molar-refractivity contribution is 7.20. The maximum atomic E-state index is 12.9. The summed E-state index contributed by atoms with van der Waals surface area (Å²) in [6, 6.07) is 10.4. The number of rotatable bonds is 6. The molecule has 5 aromatic rings. The van der Waals surface area contributed by atoms with Crippen LogP contribution in [0.4, 0.5) is 5.82 Å². The Kier molecular flexibility index (Phi) is 5.39. The van der Waals surface area contributed by atoms with Crippen LogP contribution >= 0.6 is 34.0 Å². The Hall–Kier alpha value is -2.88. The standard InChI is InChI=1S/C22H19N5OS3/c1-12-17-19(24-10-15-9-14-5-3-4-6-16(14)30-15)25-11-26-22(17)31-18(12)20(28)27-13(2)21-23-7-8-29-21/h3-9,11,13H,10H2,1-2H3,(H,27,28)(H,24,25,26). The van der Waals surface area contributed by atoms with E-state index in [4.69, 9.17) is 0 Å². The molecule has 156 valence electrons. The molecule has 4 heterocycles. The van der Waals surface area contributed by atoms with Crippen molar-refractivity contribution in [2.24, 2.45) is 0 Å². The smallest absolute Gasteiger partial charge is 0.262 e. The number of aryl methyl sites for hydroxylation is 1. The number of hydrogen-bond donors (Lipinski definition) is 2. The zero-order chi connectivity index (χ0) is 21.4. The van der Waals surface area contributed by atoms with Crippen molar-refractivity contribution >= 4 is 66.0 Å². The quantitative estimate of drug-likeness (QED) is 0.333. The van der Waals surface area contributed by atoms with Crippen molar-refractivity contribution in [1.82, 2.24) is 20.3 Å². The fourth-order valence-corrected chi connectivity index (χ4v) is 6.19. The third-order valence-corrected chi connectivity index (χ3v) is 8.28. The van der Waals surface area contributed by atoms with Crippen molar-refractivity contribution in [3.8, 4) is 0 Å². The molecule has 1 aromatic carbocycles. The van der Waals surface area contributed by atoms with Crippen LogP contribution in [0.25, 0.3) is 20.3 Å². The summed E-state index contributed by atoms with van der Waals surface area (Å²) in [6.07, 6.45) is 3.29. The van der Waals surface area contributed by atoms with Gasteiger partial charge in [0, 0.05) is 21.2 Å². The Morgan fingerprint density at radius 3 is 2.84 bits per heavy atom. The Morgan fingerprint density at radius 1 is 1.16 bits per heavy atom. The number of thiophene rings is 2. The van der Waals surface area contributed by atoms with Crippen LogP contribution in [0.3, 0.4) is 0 Å². The van der Waals surface area contributed by atoms with Crippen molar-refractivity contribution in [3.63, 3.8) is 0 Å². The van der Waals surface area contributed by atoms with E-state index < -0.39 is 0 Å². The first kappa shape index (κ1) is 20.0. The molecule has 1 amide bonds. The summed E-state index contributed by atoms with van der Waals surface area (Å²) < 4.78 is 1.27. The summed E-state index contributed by atoms with van der Waals surface area (Å²) in [4.78, 5) is 28.8. The lowest BCUT2D eigenvalue weighted by molar-refractivity contribution is 0.0943. The summed E-state index contributed by atoms with van der Waals surface area (Å²) in [7, 11) is 0. The molecule has 0 bridgehead atoms. The average molecular weight is 466 g/mol. The Balaban J connectivity index is 1.39. The Bertz CT molecular complexity index is 1340. The highest BCUT2D eigenvalue weighted by Crippen LogP contribution is 2.34. The molecule has 0 aliphatic heterocycles. The van der Waals surface area contributed by atoms with Gasteiger partial charge in [-0.1, -0.05) is 18.2 Å². The molecule has 4 aromatic heterocycles. The van der Waals surface area contributed by atoms with Gasteiger partial charge in [0.05, 0.1) is 22.8 Å². The van der Waals surface area contributed by atoms with Crippen LogP contribution in [0, 0.1) is 6.92 Å². The molecule has 0 spiro atoms. The van der Waals surface area contributed by atoms with Gasteiger partial charge in [0.25, 0.3) is 5.91 Å². The monoisotopic (exact) mass is 465 g/mol. The number of nitrogens with one attached hydrogen (secondary N) is 2. The van der Waals surface area contributed by atoms with E-state index in [1.54, 1.807) is 23.9 Å². The summed E-state index contributed by atoms with van der Waals surface area (Å²) in [5.41, 5.74) is 0.892. The third kappa shape index (κ3) is 3.91. The molecular formula is C22H19N5OS3. The topological polar surface area (TPSA) is 79.8 Å². The number of aromatic nitrogens is 3. The van der Waals surface area contributed by atoms with Crippen LogP contribution in [0.2, 0.25) is 0 Å². The van der Waals surface area contributed by atoms with Crippen LogP contribution in [0.1, 0.15) is 38.1 Å². The molecule has 5 rings (SSSR count). The molecule has 1 atom stereocenters. The van der Waals surface area contributed by atoms with E-state index in [9.17, 15) is 4.79 Å². The van der Waals surface area contributed by atoms with Crippen LogP contribution in [0.15, 0.2) is 48.2 Å². The van der Waals surface area contributed by atoms with Gasteiger partial charge >= 0.3 is 0 Å². The van der Waals surface area contributed by atoms with Crippen LogP contribution in [-0.2, 0) is 6.54 Å². The molecule has 2 N–H and O–H groups in total. The van der Waals surface area contributed by atoms with Gasteiger partial charge in [0.1, 0.15) is 22.0 Å². The van der Waals surface area contributed by atoms with Gasteiger partial charge in [0.15, 0.2) is 0 Å². The minimum absolute atomic E-state index is 0.112. The van der Waals surface area contributed by atoms with Gasteiger partial charge in [-0.05, 0) is 36.9 Å². The average Bonchev–Trinajstić information content (AvgIpc) is 3.51. The first-order valence-electron chi connectivity index (χ1n) is 9.76. The van der Waals surface area contributed by atoms with Gasteiger partial charge in [0.2, 0.25) is 0 Å². The van der Waals surface area contributed by atoms with Crippen molar-refractivity contribution in [2.45, 2.75) is 26.4 Å². The van der Waals surface area contributed by atoms with Crippen molar-refractivity contribution in [3.05, 3.63) is 68.6 Å². The van der Waals surface area contributed by atoms with Gasteiger partial charge in [-0.3, -0.25) is 4.79 Å². The highest BCUT2D eigenvalue weighted by atomic mass is 32.1. The molecular weight excluding hydrogens is 446 g/mol. The summed E-state index contributed by atoms with van der Waals surface area (Å²) in [6.45, 7) is 4.57. The van der Waals surface area contributed by atoms with Crippen LogP contribution in [0.5, 0.6) is 0 Å². The van der Waals surface area contributed by atoms with Gasteiger partial charge in [-0.15, -0.1) is 34.0 Å². The number of benzene rings is 1. The molecule has 0 aliphatic carbocycles. The van der Waals surface area contributed by atoms with E-state index in [-0.39, 0.29) is 11.9 Å². The molecule has 31 heavy (non-hydrogen) atoms. The van der Waals surface area contributed by atoms with Crippen LogP contribution in [-0.4, -0.2) is 20.9 Å². The number of nitrogens with zero attached hydrogens (tertiary/aromatic N) is 3. The number of carbonyl (C=O) groups is 1. The van der Waals surface area contributed by atoms with Gasteiger partial charge in [-0.2, -0.15) is 0 Å². The zero-order valence-corrected chi connectivity index (χ0v) is 19.3.